The van der Waals surface area contributed by atoms with Gasteiger partial charge >= 0.3 is 12.0 Å². The van der Waals surface area contributed by atoms with Crippen LogP contribution in [0.2, 0.25) is 0 Å². The smallest absolute Gasteiger partial charge is 0.326 e. The maximum atomic E-state index is 12.5. The number of nitrogens with zero attached hydrogens (tertiary/aromatic N) is 1. The molecule has 2 rings (SSSR count). The van der Waals surface area contributed by atoms with E-state index in [0.29, 0.717) is 19.6 Å². The first kappa shape index (κ1) is 16.1. The van der Waals surface area contributed by atoms with Crippen molar-refractivity contribution < 1.29 is 19.4 Å². The molecule has 1 saturated carbocycles. The van der Waals surface area contributed by atoms with Gasteiger partial charge in [0, 0.05) is 6.54 Å². The van der Waals surface area contributed by atoms with Gasteiger partial charge in [-0.15, -0.1) is 0 Å². The predicted molar refractivity (Wildman–Crippen MR) is 78.1 cm³/mol. The molecule has 0 spiro atoms. The van der Waals surface area contributed by atoms with Crippen LogP contribution in [0.25, 0.3) is 0 Å². The zero-order valence-corrected chi connectivity index (χ0v) is 12.9. The van der Waals surface area contributed by atoms with Crippen LogP contribution in [0.3, 0.4) is 0 Å². The fourth-order valence-corrected chi connectivity index (χ4v) is 3.25. The fourth-order valence-electron chi connectivity index (χ4n) is 3.25. The fraction of sp³-hybridized carbons (Fsp3) is 0.867. The molecule has 0 aromatic heterocycles. The first-order valence-corrected chi connectivity index (χ1v) is 7.96. The highest BCUT2D eigenvalue weighted by atomic mass is 16.5. The molecule has 0 bridgehead atoms. The maximum absolute atomic E-state index is 12.5. The van der Waals surface area contributed by atoms with Gasteiger partial charge in [-0.3, -0.25) is 0 Å². The standard InChI is InChI=1S/C15H26N2O4/c1-3-10(2)13(14(18)19)16-15(20)17-8-9-21-12-7-5-4-6-11(12)17/h10-13H,3-9H2,1-2H3,(H,16,20)(H,18,19)/t10-,11?,12?,13-/m0/s1. The van der Waals surface area contributed by atoms with E-state index < -0.39 is 12.0 Å². The van der Waals surface area contributed by atoms with Gasteiger partial charge in [-0.1, -0.05) is 33.1 Å². The van der Waals surface area contributed by atoms with E-state index in [1.165, 1.54) is 0 Å². The lowest BCUT2D eigenvalue weighted by Crippen LogP contribution is -2.60. The Morgan fingerprint density at radius 2 is 2.10 bits per heavy atom. The van der Waals surface area contributed by atoms with E-state index in [1.54, 1.807) is 4.90 Å². The van der Waals surface area contributed by atoms with Crippen LogP contribution in [-0.4, -0.2) is 53.3 Å². The Balaban J connectivity index is 2.02. The van der Waals surface area contributed by atoms with E-state index in [4.69, 9.17) is 4.74 Å². The molecule has 0 aromatic carbocycles. The van der Waals surface area contributed by atoms with Gasteiger partial charge in [0.25, 0.3) is 0 Å². The quantitative estimate of drug-likeness (QED) is 0.830. The zero-order valence-electron chi connectivity index (χ0n) is 12.9. The van der Waals surface area contributed by atoms with Gasteiger partial charge in [0.05, 0.1) is 18.8 Å². The molecule has 21 heavy (non-hydrogen) atoms. The van der Waals surface area contributed by atoms with Crippen molar-refractivity contribution in [3.63, 3.8) is 0 Å². The average Bonchev–Trinajstić information content (AvgIpc) is 2.50. The number of carbonyl (C=O) groups is 2. The minimum absolute atomic E-state index is 0.0883. The highest BCUT2D eigenvalue weighted by molar-refractivity contribution is 5.83. The molecule has 2 amide bonds. The summed E-state index contributed by atoms with van der Waals surface area (Å²) in [5.41, 5.74) is 0. The Morgan fingerprint density at radius 1 is 1.38 bits per heavy atom. The van der Waals surface area contributed by atoms with E-state index >= 15 is 0 Å². The summed E-state index contributed by atoms with van der Waals surface area (Å²) in [6, 6.07) is -0.992. The summed E-state index contributed by atoms with van der Waals surface area (Å²) in [7, 11) is 0. The molecule has 2 fully saturated rings. The number of hydrogen-bond donors (Lipinski definition) is 2. The zero-order chi connectivity index (χ0) is 15.4. The maximum Gasteiger partial charge on any atom is 0.326 e. The van der Waals surface area contributed by atoms with Crippen molar-refractivity contribution >= 4 is 12.0 Å². The van der Waals surface area contributed by atoms with Crippen molar-refractivity contribution in [3.05, 3.63) is 0 Å². The molecule has 4 atom stereocenters. The van der Waals surface area contributed by atoms with E-state index in [-0.39, 0.29) is 24.1 Å². The van der Waals surface area contributed by atoms with Gasteiger partial charge in [0.2, 0.25) is 0 Å². The van der Waals surface area contributed by atoms with Crippen LogP contribution in [0.1, 0.15) is 46.0 Å². The second-order valence-corrected chi connectivity index (χ2v) is 6.11. The molecule has 120 valence electrons. The molecule has 1 aliphatic carbocycles. The molecule has 2 unspecified atom stereocenters. The molecule has 6 nitrogen and oxygen atoms in total. The number of carbonyl (C=O) groups excluding carboxylic acids is 1. The third-order valence-electron chi connectivity index (χ3n) is 4.75. The van der Waals surface area contributed by atoms with Crippen molar-refractivity contribution in [3.8, 4) is 0 Å². The Bertz CT molecular complexity index is 386. The predicted octanol–water partition coefficient (Wildman–Crippen LogP) is 1.84. The second-order valence-electron chi connectivity index (χ2n) is 6.11. The Labute approximate surface area is 125 Å². The molecular weight excluding hydrogens is 272 g/mol. The number of ether oxygens (including phenoxy) is 1. The minimum atomic E-state index is -0.967. The van der Waals surface area contributed by atoms with Crippen LogP contribution in [0, 0.1) is 5.92 Å². The first-order valence-electron chi connectivity index (χ1n) is 7.96. The average molecular weight is 298 g/mol. The van der Waals surface area contributed by atoms with Gasteiger partial charge in [-0.05, 0) is 18.8 Å². The molecule has 6 heteroatoms. The molecule has 0 aromatic rings. The van der Waals surface area contributed by atoms with Crippen molar-refractivity contribution in [1.29, 1.82) is 0 Å². The number of hydrogen-bond acceptors (Lipinski definition) is 3. The van der Waals surface area contributed by atoms with Crippen molar-refractivity contribution in [2.45, 2.75) is 64.1 Å². The molecule has 2 N–H and O–H groups in total. The second kappa shape index (κ2) is 7.11. The molecule has 0 radical (unpaired) electrons. The van der Waals surface area contributed by atoms with Crippen LogP contribution >= 0.6 is 0 Å². The Morgan fingerprint density at radius 3 is 2.76 bits per heavy atom. The lowest BCUT2D eigenvalue weighted by molar-refractivity contribution is -0.140. The lowest BCUT2D eigenvalue weighted by atomic mass is 9.90. The number of aliphatic carboxylic acids is 1. The Hall–Kier alpha value is -1.30. The number of carboxylic acid groups (broad SMARTS) is 1. The summed E-state index contributed by atoms with van der Waals surface area (Å²) in [6.45, 7) is 4.86. The lowest BCUT2D eigenvalue weighted by Gasteiger charge is -2.44. The van der Waals surface area contributed by atoms with E-state index in [0.717, 1.165) is 25.7 Å². The molecular formula is C15H26N2O4. The molecule has 2 aliphatic rings. The number of morpholine rings is 1. The molecule has 1 aliphatic heterocycles. The molecule has 1 heterocycles. The van der Waals surface area contributed by atoms with Crippen LogP contribution in [0.5, 0.6) is 0 Å². The third-order valence-corrected chi connectivity index (χ3v) is 4.75. The number of nitrogens with one attached hydrogen (secondary N) is 1. The summed E-state index contributed by atoms with van der Waals surface area (Å²) in [4.78, 5) is 25.6. The summed E-state index contributed by atoms with van der Waals surface area (Å²) in [6.07, 6.45) is 5.00. The van der Waals surface area contributed by atoms with Crippen LogP contribution in [0.15, 0.2) is 0 Å². The van der Waals surface area contributed by atoms with Crippen molar-refractivity contribution in [2.24, 2.45) is 5.92 Å². The summed E-state index contributed by atoms with van der Waals surface area (Å²) >= 11 is 0. The summed E-state index contributed by atoms with van der Waals surface area (Å²) in [5.74, 6) is -1.05. The van der Waals surface area contributed by atoms with E-state index in [1.807, 2.05) is 13.8 Å². The van der Waals surface area contributed by atoms with Gasteiger partial charge in [-0.25, -0.2) is 9.59 Å². The van der Waals surface area contributed by atoms with Gasteiger partial charge < -0.3 is 20.1 Å². The number of amides is 2. The summed E-state index contributed by atoms with van der Waals surface area (Å²) in [5, 5.41) is 12.0. The van der Waals surface area contributed by atoms with Gasteiger partial charge in [-0.2, -0.15) is 0 Å². The van der Waals surface area contributed by atoms with Crippen LogP contribution < -0.4 is 5.32 Å². The Kier molecular flexibility index (Phi) is 5.45. The van der Waals surface area contributed by atoms with Gasteiger partial charge in [0.15, 0.2) is 0 Å². The largest absolute Gasteiger partial charge is 0.480 e. The SMILES string of the molecule is CC[C@H](C)[C@H](NC(=O)N1CCOC2CCCCC21)C(=O)O. The van der Waals surface area contributed by atoms with Crippen LogP contribution in [-0.2, 0) is 9.53 Å². The minimum Gasteiger partial charge on any atom is -0.480 e. The summed E-state index contributed by atoms with van der Waals surface area (Å²) < 4.78 is 5.75. The highest BCUT2D eigenvalue weighted by Gasteiger charge is 2.38. The number of rotatable bonds is 4. The monoisotopic (exact) mass is 298 g/mol. The molecule has 1 saturated heterocycles. The highest BCUT2D eigenvalue weighted by Crippen LogP contribution is 2.28. The third kappa shape index (κ3) is 3.67. The van der Waals surface area contributed by atoms with Crippen LogP contribution in [0.4, 0.5) is 4.79 Å². The van der Waals surface area contributed by atoms with E-state index in [9.17, 15) is 14.7 Å². The van der Waals surface area contributed by atoms with Crippen molar-refractivity contribution in [2.75, 3.05) is 13.2 Å². The number of carboxylic acids is 1. The van der Waals surface area contributed by atoms with E-state index in [2.05, 4.69) is 5.32 Å². The first-order chi connectivity index (χ1) is 10.0. The normalized spacial score (nSPS) is 28.4. The van der Waals surface area contributed by atoms with Crippen molar-refractivity contribution in [1.82, 2.24) is 10.2 Å². The topological polar surface area (TPSA) is 78.9 Å². The number of urea groups is 1. The number of fused-ring (bicyclic) bond motifs is 1. The van der Waals surface area contributed by atoms with Gasteiger partial charge in [0.1, 0.15) is 6.04 Å².